The summed E-state index contributed by atoms with van der Waals surface area (Å²) in [6.07, 6.45) is 2.42. The summed E-state index contributed by atoms with van der Waals surface area (Å²) in [5.41, 5.74) is 4.69. The van der Waals surface area contributed by atoms with E-state index in [-0.39, 0.29) is 0 Å². The molecule has 1 aliphatic heterocycles. The molecule has 2 heterocycles. The van der Waals surface area contributed by atoms with E-state index in [9.17, 15) is 0 Å². The van der Waals surface area contributed by atoms with Crippen LogP contribution in [0.1, 0.15) is 17.7 Å². The summed E-state index contributed by atoms with van der Waals surface area (Å²) in [6.45, 7) is 2.59. The molecule has 0 saturated heterocycles. The van der Waals surface area contributed by atoms with Gasteiger partial charge >= 0.3 is 0 Å². The molecule has 0 amide bonds. The van der Waals surface area contributed by atoms with Gasteiger partial charge in [0.25, 0.3) is 0 Å². The molecule has 0 bridgehead atoms. The first kappa shape index (κ1) is 14.1. The molecule has 5 heteroatoms. The number of halogens is 1. The lowest BCUT2D eigenvalue weighted by atomic mass is 10.0. The van der Waals surface area contributed by atoms with E-state index < -0.39 is 0 Å². The third-order valence-corrected chi connectivity index (χ3v) is 4.06. The Morgan fingerprint density at radius 1 is 1.24 bits per heavy atom. The lowest BCUT2D eigenvalue weighted by Gasteiger charge is -2.04. The van der Waals surface area contributed by atoms with E-state index in [2.05, 4.69) is 11.4 Å². The van der Waals surface area contributed by atoms with Gasteiger partial charge in [0.1, 0.15) is 0 Å². The summed E-state index contributed by atoms with van der Waals surface area (Å²) in [7, 11) is 0. The zero-order valence-electron chi connectivity index (χ0n) is 11.8. The molecule has 2 aromatic rings. The van der Waals surface area contributed by atoms with Crippen molar-refractivity contribution in [2.24, 2.45) is 0 Å². The van der Waals surface area contributed by atoms with Crippen molar-refractivity contribution in [2.75, 3.05) is 13.1 Å². The fourth-order valence-electron chi connectivity index (χ4n) is 2.80. The molecular formula is C16H17ClN4. The number of fused-ring (bicyclic) bond motifs is 1. The average Bonchev–Trinajstić information content (AvgIpc) is 2.68. The summed E-state index contributed by atoms with van der Waals surface area (Å²) in [5, 5.41) is 17.7. The lowest BCUT2D eigenvalue weighted by molar-refractivity contribution is 0.588. The highest BCUT2D eigenvalue weighted by Crippen LogP contribution is 2.28. The summed E-state index contributed by atoms with van der Waals surface area (Å²) in [5.74, 6) is 0. The summed E-state index contributed by atoms with van der Waals surface area (Å²) < 4.78 is 2.01. The second kappa shape index (κ2) is 6.30. The van der Waals surface area contributed by atoms with E-state index in [1.807, 2.05) is 28.9 Å². The van der Waals surface area contributed by atoms with E-state index in [4.69, 9.17) is 22.0 Å². The molecular weight excluding hydrogens is 284 g/mol. The van der Waals surface area contributed by atoms with Crippen LogP contribution in [0.25, 0.3) is 11.3 Å². The third kappa shape index (κ3) is 2.94. The number of nitrogens with zero attached hydrogens (tertiary/aromatic N) is 3. The minimum atomic E-state index is 0.488. The third-order valence-electron chi connectivity index (χ3n) is 3.81. The van der Waals surface area contributed by atoms with Crippen molar-refractivity contribution >= 4 is 11.6 Å². The maximum absolute atomic E-state index is 8.82. The normalized spacial score (nSPS) is 14.3. The first-order valence-corrected chi connectivity index (χ1v) is 7.59. The van der Waals surface area contributed by atoms with Crippen molar-refractivity contribution < 1.29 is 0 Å². The quantitative estimate of drug-likeness (QED) is 0.948. The number of hydrogen-bond acceptors (Lipinski definition) is 3. The van der Waals surface area contributed by atoms with Gasteiger partial charge in [-0.25, -0.2) is 0 Å². The number of nitrogens with one attached hydrogen (secondary N) is 1. The number of aryl methyl sites for hydroxylation is 1. The Balaban J connectivity index is 2.05. The lowest BCUT2D eigenvalue weighted by Crippen LogP contribution is -2.17. The van der Waals surface area contributed by atoms with Crippen LogP contribution in [-0.2, 0) is 19.4 Å². The van der Waals surface area contributed by atoms with Gasteiger partial charge in [0, 0.05) is 34.8 Å². The van der Waals surface area contributed by atoms with Crippen LogP contribution in [0, 0.1) is 11.3 Å². The topological polar surface area (TPSA) is 53.6 Å². The molecule has 0 saturated carbocycles. The fraction of sp³-hybridized carbons (Fsp3) is 0.375. The van der Waals surface area contributed by atoms with Gasteiger partial charge in [-0.2, -0.15) is 10.4 Å². The van der Waals surface area contributed by atoms with Gasteiger partial charge in [-0.3, -0.25) is 4.68 Å². The standard InChI is InChI=1S/C16H17ClN4/c17-13-4-2-12(3-5-13)16-14-6-9-19-10-7-15(14)21(20-16)11-1-8-18/h2-5,19H,1,6-7,9-11H2. The van der Waals surface area contributed by atoms with Gasteiger partial charge in [0.15, 0.2) is 0 Å². The Morgan fingerprint density at radius 2 is 2.00 bits per heavy atom. The van der Waals surface area contributed by atoms with E-state index in [0.29, 0.717) is 13.0 Å². The van der Waals surface area contributed by atoms with Crippen LogP contribution in [0.3, 0.4) is 0 Å². The molecule has 0 fully saturated rings. The first-order valence-electron chi connectivity index (χ1n) is 7.22. The average molecular weight is 301 g/mol. The number of aromatic nitrogens is 2. The molecule has 108 valence electrons. The highest BCUT2D eigenvalue weighted by molar-refractivity contribution is 6.30. The molecule has 1 aliphatic rings. The molecule has 1 N–H and O–H groups in total. The predicted octanol–water partition coefficient (Wildman–Crippen LogP) is 2.81. The van der Waals surface area contributed by atoms with Gasteiger partial charge in [0.2, 0.25) is 0 Å². The van der Waals surface area contributed by atoms with Crippen molar-refractivity contribution in [3.05, 3.63) is 40.5 Å². The Bertz CT molecular complexity index is 667. The van der Waals surface area contributed by atoms with E-state index in [1.54, 1.807) is 0 Å². The number of rotatable bonds is 3. The zero-order chi connectivity index (χ0) is 14.7. The molecule has 0 spiro atoms. The van der Waals surface area contributed by atoms with Crippen molar-refractivity contribution in [3.63, 3.8) is 0 Å². The van der Waals surface area contributed by atoms with Crippen molar-refractivity contribution in [1.29, 1.82) is 5.26 Å². The number of hydrogen-bond donors (Lipinski definition) is 1. The van der Waals surface area contributed by atoms with Crippen LogP contribution >= 0.6 is 11.6 Å². The van der Waals surface area contributed by atoms with Gasteiger partial charge < -0.3 is 5.32 Å². The van der Waals surface area contributed by atoms with Crippen molar-refractivity contribution in [3.8, 4) is 17.3 Å². The van der Waals surface area contributed by atoms with Gasteiger partial charge in [0.05, 0.1) is 24.7 Å². The molecule has 1 aromatic heterocycles. The van der Waals surface area contributed by atoms with E-state index >= 15 is 0 Å². The Morgan fingerprint density at radius 3 is 2.76 bits per heavy atom. The molecule has 0 atom stereocenters. The summed E-state index contributed by atoms with van der Waals surface area (Å²) in [6, 6.07) is 10.0. The molecule has 4 nitrogen and oxygen atoms in total. The smallest absolute Gasteiger partial charge is 0.0958 e. The highest BCUT2D eigenvalue weighted by Gasteiger charge is 2.20. The van der Waals surface area contributed by atoms with Crippen molar-refractivity contribution in [2.45, 2.75) is 25.8 Å². The largest absolute Gasteiger partial charge is 0.316 e. The van der Waals surface area contributed by atoms with E-state index in [0.717, 1.165) is 42.2 Å². The Hall–Kier alpha value is -1.83. The van der Waals surface area contributed by atoms with Crippen LogP contribution in [0.15, 0.2) is 24.3 Å². The van der Waals surface area contributed by atoms with Gasteiger partial charge in [-0.05, 0) is 25.1 Å². The Kier molecular flexibility index (Phi) is 4.23. The van der Waals surface area contributed by atoms with Gasteiger partial charge in [-0.15, -0.1) is 0 Å². The van der Waals surface area contributed by atoms with Crippen LogP contribution in [-0.4, -0.2) is 22.9 Å². The second-order valence-corrected chi connectivity index (χ2v) is 5.60. The first-order chi connectivity index (χ1) is 10.3. The maximum atomic E-state index is 8.82. The monoisotopic (exact) mass is 300 g/mol. The zero-order valence-corrected chi connectivity index (χ0v) is 12.5. The molecule has 1 aromatic carbocycles. The Labute approximate surface area is 129 Å². The van der Waals surface area contributed by atoms with Crippen LogP contribution < -0.4 is 5.32 Å². The van der Waals surface area contributed by atoms with Crippen LogP contribution in [0.4, 0.5) is 0 Å². The second-order valence-electron chi connectivity index (χ2n) is 5.16. The number of benzene rings is 1. The van der Waals surface area contributed by atoms with Gasteiger partial charge in [-0.1, -0.05) is 23.7 Å². The van der Waals surface area contributed by atoms with E-state index in [1.165, 1.54) is 11.3 Å². The minimum absolute atomic E-state index is 0.488. The SMILES string of the molecule is N#CCCn1nc(-c2ccc(Cl)cc2)c2c1CCNCC2. The maximum Gasteiger partial charge on any atom is 0.0958 e. The molecule has 0 radical (unpaired) electrons. The summed E-state index contributed by atoms with van der Waals surface area (Å²) in [4.78, 5) is 0. The molecule has 21 heavy (non-hydrogen) atoms. The molecule has 3 rings (SSSR count). The van der Waals surface area contributed by atoms with Crippen LogP contribution in [0.5, 0.6) is 0 Å². The summed E-state index contributed by atoms with van der Waals surface area (Å²) >= 11 is 5.97. The minimum Gasteiger partial charge on any atom is -0.316 e. The highest BCUT2D eigenvalue weighted by atomic mass is 35.5. The van der Waals surface area contributed by atoms with Crippen LogP contribution in [0.2, 0.25) is 5.02 Å². The van der Waals surface area contributed by atoms with Crippen molar-refractivity contribution in [1.82, 2.24) is 15.1 Å². The fourth-order valence-corrected chi connectivity index (χ4v) is 2.93. The molecule has 0 unspecified atom stereocenters. The number of nitriles is 1. The molecule has 0 aliphatic carbocycles. The predicted molar refractivity (Wildman–Crippen MR) is 83.2 cm³/mol.